The van der Waals surface area contributed by atoms with E-state index in [-0.39, 0.29) is 31.0 Å². The molecule has 1 aromatic carbocycles. The molecule has 1 saturated heterocycles. The number of rotatable bonds is 7. The van der Waals surface area contributed by atoms with Gasteiger partial charge >= 0.3 is 0 Å². The number of hydrogen-bond acceptors (Lipinski definition) is 4. The maximum absolute atomic E-state index is 12.9. The number of likely N-dealkylation sites (N-methyl/N-ethyl adjacent to an activating group) is 1. The van der Waals surface area contributed by atoms with Crippen molar-refractivity contribution in [2.75, 3.05) is 45.9 Å². The molecule has 26 heavy (non-hydrogen) atoms. The first-order chi connectivity index (χ1) is 12.6. The molecule has 2 atom stereocenters. The van der Waals surface area contributed by atoms with Crippen LogP contribution in [0.25, 0.3) is 10.9 Å². The molecule has 2 aromatic rings. The number of aliphatic hydroxyl groups excluding tert-OH is 2. The van der Waals surface area contributed by atoms with Gasteiger partial charge in [0.1, 0.15) is 5.69 Å². The van der Waals surface area contributed by atoms with Crippen molar-refractivity contribution in [3.8, 4) is 0 Å². The van der Waals surface area contributed by atoms with Crippen LogP contribution in [-0.4, -0.2) is 76.8 Å². The summed E-state index contributed by atoms with van der Waals surface area (Å²) in [6, 6.07) is 7.35. The number of benzene rings is 1. The van der Waals surface area contributed by atoms with Gasteiger partial charge in [-0.05, 0) is 30.7 Å². The summed E-state index contributed by atoms with van der Waals surface area (Å²) in [6.07, 6.45) is 0. The first-order valence-corrected chi connectivity index (χ1v) is 9.45. The fraction of sp³-hybridized carbons (Fsp3) is 0.526. The van der Waals surface area contributed by atoms with Gasteiger partial charge in [0.2, 0.25) is 0 Å². The van der Waals surface area contributed by atoms with Crippen molar-refractivity contribution < 1.29 is 15.0 Å². The van der Waals surface area contributed by atoms with E-state index in [0.29, 0.717) is 30.4 Å². The van der Waals surface area contributed by atoms with E-state index >= 15 is 0 Å². The second-order valence-corrected chi connectivity index (χ2v) is 7.32. The second kappa shape index (κ2) is 8.39. The molecule has 6 nitrogen and oxygen atoms in total. The van der Waals surface area contributed by atoms with Gasteiger partial charge < -0.3 is 25.0 Å². The lowest BCUT2D eigenvalue weighted by atomic mass is 9.96. The number of aromatic nitrogens is 1. The van der Waals surface area contributed by atoms with E-state index in [1.54, 1.807) is 17.0 Å². The van der Waals surface area contributed by atoms with Crippen LogP contribution >= 0.6 is 11.6 Å². The van der Waals surface area contributed by atoms with Crippen molar-refractivity contribution in [2.24, 2.45) is 11.8 Å². The Morgan fingerprint density at radius 2 is 2.12 bits per heavy atom. The lowest BCUT2D eigenvalue weighted by Crippen LogP contribution is -2.36. The van der Waals surface area contributed by atoms with Gasteiger partial charge in [0, 0.05) is 54.6 Å². The molecule has 1 aliphatic rings. The van der Waals surface area contributed by atoms with Crippen LogP contribution in [0.15, 0.2) is 24.3 Å². The molecule has 3 N–H and O–H groups in total. The van der Waals surface area contributed by atoms with Crippen molar-refractivity contribution in [3.05, 3.63) is 35.0 Å². The third-order valence-electron chi connectivity index (χ3n) is 5.30. The molecule has 3 rings (SSSR count). The van der Waals surface area contributed by atoms with Crippen LogP contribution in [0.5, 0.6) is 0 Å². The Morgan fingerprint density at radius 1 is 1.35 bits per heavy atom. The van der Waals surface area contributed by atoms with Gasteiger partial charge in [0.05, 0.1) is 6.61 Å². The Kier molecular flexibility index (Phi) is 6.19. The third kappa shape index (κ3) is 3.88. The van der Waals surface area contributed by atoms with Crippen LogP contribution in [0.3, 0.4) is 0 Å². The topological polar surface area (TPSA) is 79.8 Å². The first kappa shape index (κ1) is 19.2. The highest BCUT2D eigenvalue weighted by molar-refractivity contribution is 6.35. The fourth-order valence-electron chi connectivity index (χ4n) is 3.77. The second-order valence-electron chi connectivity index (χ2n) is 6.91. The maximum atomic E-state index is 12.9. The zero-order valence-electron chi connectivity index (χ0n) is 15.0. The number of carbonyl (C=O) groups excluding carboxylic acids is 1. The largest absolute Gasteiger partial charge is 0.396 e. The Bertz CT molecular complexity index is 764. The SMILES string of the molecule is CCN(CCO)C[C@@H]1CN(C(=O)c2cc3c(Cl)cccc3[nH]2)C[C@@H]1CO. The molecule has 1 aromatic heterocycles. The molecule has 1 aliphatic heterocycles. The fourth-order valence-corrected chi connectivity index (χ4v) is 4.00. The lowest BCUT2D eigenvalue weighted by molar-refractivity contribution is 0.0773. The highest BCUT2D eigenvalue weighted by Gasteiger charge is 2.36. The zero-order valence-corrected chi connectivity index (χ0v) is 15.7. The van der Waals surface area contributed by atoms with Crippen molar-refractivity contribution in [1.82, 2.24) is 14.8 Å². The van der Waals surface area contributed by atoms with Crippen LogP contribution in [0.1, 0.15) is 17.4 Å². The number of halogens is 1. The summed E-state index contributed by atoms with van der Waals surface area (Å²) in [6.45, 7) is 5.59. The zero-order chi connectivity index (χ0) is 18.7. The number of nitrogens with one attached hydrogen (secondary N) is 1. The maximum Gasteiger partial charge on any atom is 0.270 e. The van der Waals surface area contributed by atoms with Crippen LogP contribution in [0.2, 0.25) is 5.02 Å². The van der Waals surface area contributed by atoms with Gasteiger partial charge in [0.15, 0.2) is 0 Å². The standard InChI is InChI=1S/C19H26ClN3O3/c1-2-22(6-7-24)9-13-10-23(11-14(13)12-25)19(26)18-8-15-16(20)4-3-5-17(15)21-18/h3-5,8,13-14,21,24-25H,2,6-7,9-12H2,1H3/t13-,14-/m1/s1. The summed E-state index contributed by atoms with van der Waals surface area (Å²) in [5.74, 6) is 0.187. The molecule has 0 aliphatic carbocycles. The molecule has 7 heteroatoms. The number of H-pyrrole nitrogens is 1. The minimum absolute atomic E-state index is 0.0552. The highest BCUT2D eigenvalue weighted by atomic mass is 35.5. The molecule has 0 bridgehead atoms. The van der Waals surface area contributed by atoms with E-state index < -0.39 is 0 Å². The predicted octanol–water partition coefficient (Wildman–Crippen LogP) is 1.82. The van der Waals surface area contributed by atoms with Gasteiger partial charge in [0.25, 0.3) is 5.91 Å². The van der Waals surface area contributed by atoms with Gasteiger partial charge in [-0.3, -0.25) is 4.79 Å². The molecular formula is C19H26ClN3O3. The van der Waals surface area contributed by atoms with Crippen molar-refractivity contribution in [1.29, 1.82) is 0 Å². The predicted molar refractivity (Wildman–Crippen MR) is 102 cm³/mol. The molecule has 0 radical (unpaired) electrons. The Morgan fingerprint density at radius 3 is 2.77 bits per heavy atom. The average Bonchev–Trinajstić information content (AvgIpc) is 3.25. The molecule has 142 valence electrons. The van der Waals surface area contributed by atoms with Crippen molar-refractivity contribution in [3.63, 3.8) is 0 Å². The van der Waals surface area contributed by atoms with Crippen LogP contribution in [-0.2, 0) is 0 Å². The van der Waals surface area contributed by atoms with E-state index in [4.69, 9.17) is 11.6 Å². The van der Waals surface area contributed by atoms with E-state index in [9.17, 15) is 15.0 Å². The number of amides is 1. The van der Waals surface area contributed by atoms with E-state index in [0.717, 1.165) is 24.0 Å². The number of fused-ring (bicyclic) bond motifs is 1. The minimum atomic E-state index is -0.0663. The van der Waals surface area contributed by atoms with Crippen molar-refractivity contribution >= 4 is 28.4 Å². The summed E-state index contributed by atoms with van der Waals surface area (Å²) in [5.41, 5.74) is 1.36. The molecule has 1 amide bonds. The molecule has 0 spiro atoms. The number of aromatic amines is 1. The number of nitrogens with zero attached hydrogens (tertiary/aromatic N) is 2. The van der Waals surface area contributed by atoms with Crippen LogP contribution < -0.4 is 0 Å². The lowest BCUT2D eigenvalue weighted by Gasteiger charge is -2.25. The summed E-state index contributed by atoms with van der Waals surface area (Å²) in [7, 11) is 0. The smallest absolute Gasteiger partial charge is 0.270 e. The normalized spacial score (nSPS) is 20.4. The number of likely N-dealkylation sites (tertiary alicyclic amines) is 1. The Balaban J connectivity index is 1.74. The van der Waals surface area contributed by atoms with Gasteiger partial charge in [-0.15, -0.1) is 0 Å². The quantitative estimate of drug-likeness (QED) is 0.685. The van der Waals surface area contributed by atoms with Gasteiger partial charge in [-0.1, -0.05) is 24.6 Å². The molecule has 0 saturated carbocycles. The van der Waals surface area contributed by atoms with Crippen molar-refractivity contribution in [2.45, 2.75) is 6.92 Å². The highest BCUT2D eigenvalue weighted by Crippen LogP contribution is 2.28. The average molecular weight is 380 g/mol. The van der Waals surface area contributed by atoms with Gasteiger partial charge in [-0.25, -0.2) is 0 Å². The number of carbonyl (C=O) groups is 1. The summed E-state index contributed by atoms with van der Waals surface area (Å²) in [4.78, 5) is 20.0. The summed E-state index contributed by atoms with van der Waals surface area (Å²) in [5, 5.41) is 20.4. The van der Waals surface area contributed by atoms with Crippen LogP contribution in [0, 0.1) is 11.8 Å². The van der Waals surface area contributed by atoms with Gasteiger partial charge in [-0.2, -0.15) is 0 Å². The van der Waals surface area contributed by atoms with E-state index in [2.05, 4.69) is 16.8 Å². The Hall–Kier alpha value is -1.60. The first-order valence-electron chi connectivity index (χ1n) is 9.08. The van der Waals surface area contributed by atoms with E-state index in [1.807, 2.05) is 12.1 Å². The molecule has 0 unspecified atom stereocenters. The Labute approximate surface area is 158 Å². The molecule has 1 fully saturated rings. The summed E-state index contributed by atoms with van der Waals surface area (Å²) >= 11 is 6.20. The molecular weight excluding hydrogens is 354 g/mol. The minimum Gasteiger partial charge on any atom is -0.396 e. The number of aliphatic hydroxyl groups is 2. The molecule has 2 heterocycles. The van der Waals surface area contributed by atoms with E-state index in [1.165, 1.54) is 0 Å². The number of hydrogen-bond donors (Lipinski definition) is 3. The van der Waals surface area contributed by atoms with Crippen LogP contribution in [0.4, 0.5) is 0 Å². The summed E-state index contributed by atoms with van der Waals surface area (Å²) < 4.78 is 0. The monoisotopic (exact) mass is 379 g/mol. The third-order valence-corrected chi connectivity index (χ3v) is 5.63.